The van der Waals surface area contributed by atoms with E-state index in [1.54, 1.807) is 19.5 Å². The highest BCUT2D eigenvalue weighted by Crippen LogP contribution is 2.32. The van der Waals surface area contributed by atoms with Gasteiger partial charge in [0.05, 0.1) is 16.8 Å². The Morgan fingerprint density at radius 3 is 2.73 bits per heavy atom. The molecule has 0 radical (unpaired) electrons. The summed E-state index contributed by atoms with van der Waals surface area (Å²) in [6.07, 6.45) is 0. The van der Waals surface area contributed by atoms with Crippen molar-refractivity contribution in [1.29, 1.82) is 0 Å². The molecule has 0 atom stereocenters. The van der Waals surface area contributed by atoms with Gasteiger partial charge in [-0.3, -0.25) is 4.79 Å². The molecule has 0 bridgehead atoms. The summed E-state index contributed by atoms with van der Waals surface area (Å²) in [7, 11) is 1.57. The van der Waals surface area contributed by atoms with Crippen molar-refractivity contribution in [2.24, 2.45) is 7.05 Å². The van der Waals surface area contributed by atoms with Crippen LogP contribution in [0.1, 0.15) is 17.4 Å². The van der Waals surface area contributed by atoms with E-state index < -0.39 is 5.97 Å². The number of hydrogen-bond donors (Lipinski definition) is 0. The maximum atomic E-state index is 12.4. The van der Waals surface area contributed by atoms with E-state index in [0.717, 1.165) is 5.56 Å². The first-order chi connectivity index (χ1) is 10.6. The normalized spacial score (nSPS) is 10.8. The lowest BCUT2D eigenvalue weighted by Gasteiger charge is -2.14. The average molecular weight is 314 g/mol. The van der Waals surface area contributed by atoms with Crippen molar-refractivity contribution in [3.05, 3.63) is 51.9 Å². The standard InChI is InChI=1S/C16H14N2O3S/c1-3-21-16(20)13-11(10-7-5-4-6-8-10)14-12(17-9-22-14)15(19)18(13)2/h4-9H,3H2,1-2H3. The highest BCUT2D eigenvalue weighted by atomic mass is 32.1. The van der Waals surface area contributed by atoms with Gasteiger partial charge in [-0.2, -0.15) is 0 Å². The molecule has 0 fully saturated rings. The molecule has 112 valence electrons. The lowest BCUT2D eigenvalue weighted by Crippen LogP contribution is -2.25. The van der Waals surface area contributed by atoms with Gasteiger partial charge >= 0.3 is 5.97 Å². The van der Waals surface area contributed by atoms with Crippen LogP contribution in [0.3, 0.4) is 0 Å². The summed E-state index contributed by atoms with van der Waals surface area (Å²) in [5.74, 6) is -0.503. The molecule has 1 aromatic carbocycles. The van der Waals surface area contributed by atoms with Crippen molar-refractivity contribution in [2.75, 3.05) is 6.61 Å². The SMILES string of the molecule is CCOC(=O)c1c(-c2ccccc2)c2scnc2c(=O)n1C. The second kappa shape index (κ2) is 5.73. The van der Waals surface area contributed by atoms with Crippen LogP contribution in [0, 0.1) is 0 Å². The summed E-state index contributed by atoms with van der Waals surface area (Å²) >= 11 is 1.35. The number of benzene rings is 1. The Kier molecular flexibility index (Phi) is 3.77. The van der Waals surface area contributed by atoms with Crippen LogP contribution in [0.4, 0.5) is 0 Å². The Morgan fingerprint density at radius 1 is 1.32 bits per heavy atom. The molecule has 2 heterocycles. The van der Waals surface area contributed by atoms with Gasteiger partial charge in [-0.05, 0) is 12.5 Å². The summed E-state index contributed by atoms with van der Waals surface area (Å²) in [4.78, 5) is 28.9. The predicted octanol–water partition coefficient (Wildman–Crippen LogP) is 2.84. The van der Waals surface area contributed by atoms with Crippen molar-refractivity contribution < 1.29 is 9.53 Å². The van der Waals surface area contributed by atoms with E-state index in [2.05, 4.69) is 4.98 Å². The summed E-state index contributed by atoms with van der Waals surface area (Å²) in [6, 6.07) is 9.49. The Labute approximate surface area is 130 Å². The van der Waals surface area contributed by atoms with Crippen LogP contribution in [0.2, 0.25) is 0 Å². The van der Waals surface area contributed by atoms with Crippen LogP contribution in [-0.2, 0) is 11.8 Å². The number of rotatable bonds is 3. The van der Waals surface area contributed by atoms with Crippen LogP contribution in [0.5, 0.6) is 0 Å². The summed E-state index contributed by atoms with van der Waals surface area (Å²) in [5, 5.41) is 0. The van der Waals surface area contributed by atoms with Gasteiger partial charge in [0.15, 0.2) is 0 Å². The number of esters is 1. The molecular formula is C16H14N2O3S. The van der Waals surface area contributed by atoms with E-state index in [9.17, 15) is 9.59 Å². The largest absolute Gasteiger partial charge is 0.461 e. The molecule has 0 aliphatic heterocycles. The number of hydrogen-bond acceptors (Lipinski definition) is 5. The van der Waals surface area contributed by atoms with Crippen LogP contribution in [-0.4, -0.2) is 22.1 Å². The topological polar surface area (TPSA) is 61.2 Å². The van der Waals surface area contributed by atoms with Crippen LogP contribution in [0.25, 0.3) is 21.3 Å². The van der Waals surface area contributed by atoms with Crippen LogP contribution >= 0.6 is 11.3 Å². The molecule has 22 heavy (non-hydrogen) atoms. The summed E-state index contributed by atoms with van der Waals surface area (Å²) < 4.78 is 7.16. The molecule has 0 aliphatic carbocycles. The third-order valence-electron chi connectivity index (χ3n) is 3.41. The zero-order valence-electron chi connectivity index (χ0n) is 12.2. The fourth-order valence-electron chi connectivity index (χ4n) is 2.42. The Bertz CT molecular complexity index is 897. The molecule has 3 aromatic rings. The van der Waals surface area contributed by atoms with E-state index in [1.165, 1.54) is 15.9 Å². The molecule has 0 amide bonds. The highest BCUT2D eigenvalue weighted by Gasteiger charge is 2.23. The van der Waals surface area contributed by atoms with E-state index in [0.29, 0.717) is 15.8 Å². The number of nitrogens with zero attached hydrogens (tertiary/aromatic N) is 2. The highest BCUT2D eigenvalue weighted by molar-refractivity contribution is 7.17. The van der Waals surface area contributed by atoms with Crippen molar-refractivity contribution >= 4 is 27.5 Å². The van der Waals surface area contributed by atoms with Gasteiger partial charge in [-0.15, -0.1) is 11.3 Å². The molecule has 5 nitrogen and oxygen atoms in total. The predicted molar refractivity (Wildman–Crippen MR) is 86.3 cm³/mol. The molecule has 6 heteroatoms. The average Bonchev–Trinajstić information content (AvgIpc) is 3.01. The van der Waals surface area contributed by atoms with E-state index >= 15 is 0 Å². The zero-order valence-corrected chi connectivity index (χ0v) is 13.0. The van der Waals surface area contributed by atoms with Gasteiger partial charge in [-0.1, -0.05) is 30.3 Å². The smallest absolute Gasteiger partial charge is 0.355 e. The fraction of sp³-hybridized carbons (Fsp3) is 0.188. The van der Waals surface area contributed by atoms with Crippen LogP contribution < -0.4 is 5.56 Å². The minimum Gasteiger partial charge on any atom is -0.461 e. The first-order valence-corrected chi connectivity index (χ1v) is 7.71. The molecule has 0 unspecified atom stereocenters. The van der Waals surface area contributed by atoms with Gasteiger partial charge in [0.1, 0.15) is 11.2 Å². The van der Waals surface area contributed by atoms with Gasteiger partial charge in [0.25, 0.3) is 5.56 Å². The fourth-order valence-corrected chi connectivity index (χ4v) is 3.27. The molecule has 3 rings (SSSR count). The number of fused-ring (bicyclic) bond motifs is 1. The number of ether oxygens (including phenoxy) is 1. The minimum atomic E-state index is -0.503. The molecule has 0 N–H and O–H groups in total. The minimum absolute atomic E-state index is 0.252. The lowest BCUT2D eigenvalue weighted by atomic mass is 10.0. The van der Waals surface area contributed by atoms with E-state index in [4.69, 9.17) is 4.74 Å². The first kappa shape index (κ1) is 14.5. The van der Waals surface area contributed by atoms with Crippen molar-refractivity contribution in [2.45, 2.75) is 6.92 Å². The van der Waals surface area contributed by atoms with Crippen LogP contribution in [0.15, 0.2) is 40.6 Å². The summed E-state index contributed by atoms with van der Waals surface area (Å²) in [5.41, 5.74) is 3.51. The van der Waals surface area contributed by atoms with E-state index in [-0.39, 0.29) is 17.9 Å². The monoisotopic (exact) mass is 314 g/mol. The number of carbonyl (C=O) groups is 1. The van der Waals surface area contributed by atoms with Crippen molar-refractivity contribution in [3.63, 3.8) is 0 Å². The zero-order chi connectivity index (χ0) is 15.7. The Morgan fingerprint density at radius 2 is 2.05 bits per heavy atom. The molecule has 0 saturated heterocycles. The summed E-state index contributed by atoms with van der Waals surface area (Å²) in [6.45, 7) is 1.99. The Balaban J connectivity index is 2.44. The second-order valence-electron chi connectivity index (χ2n) is 4.70. The number of pyridine rings is 1. The van der Waals surface area contributed by atoms with Gasteiger partial charge < -0.3 is 9.30 Å². The third-order valence-corrected chi connectivity index (χ3v) is 4.25. The molecule has 2 aromatic heterocycles. The lowest BCUT2D eigenvalue weighted by molar-refractivity contribution is 0.0515. The quantitative estimate of drug-likeness (QED) is 0.697. The van der Waals surface area contributed by atoms with Crippen molar-refractivity contribution in [1.82, 2.24) is 9.55 Å². The maximum Gasteiger partial charge on any atom is 0.355 e. The third kappa shape index (κ3) is 2.21. The Hall–Kier alpha value is -2.47. The van der Waals surface area contributed by atoms with E-state index in [1.807, 2.05) is 30.3 Å². The molecule has 0 saturated carbocycles. The van der Waals surface area contributed by atoms with Crippen molar-refractivity contribution in [3.8, 4) is 11.1 Å². The molecule has 0 aliphatic rings. The maximum absolute atomic E-state index is 12.4. The van der Waals surface area contributed by atoms with Gasteiger partial charge in [0.2, 0.25) is 0 Å². The second-order valence-corrected chi connectivity index (χ2v) is 5.56. The molecule has 0 spiro atoms. The first-order valence-electron chi connectivity index (χ1n) is 6.83. The number of aromatic nitrogens is 2. The van der Waals surface area contributed by atoms with Gasteiger partial charge in [-0.25, -0.2) is 9.78 Å². The number of thiazole rings is 1. The number of carbonyl (C=O) groups excluding carboxylic acids is 1. The molecular weight excluding hydrogens is 300 g/mol. The van der Waals surface area contributed by atoms with Gasteiger partial charge in [0, 0.05) is 12.6 Å².